The first-order valence-electron chi connectivity index (χ1n) is 4.79. The monoisotopic (exact) mass is 220 g/mol. The maximum absolute atomic E-state index is 8.81. The zero-order chi connectivity index (χ0) is 11.5. The van der Waals surface area contributed by atoms with E-state index in [1.54, 1.807) is 11.7 Å². The summed E-state index contributed by atoms with van der Waals surface area (Å²) in [4.78, 5) is 7.97. The van der Waals surface area contributed by atoms with Crippen LogP contribution in [0.1, 0.15) is 11.4 Å². The van der Waals surface area contributed by atoms with Gasteiger partial charge in [-0.3, -0.25) is 4.98 Å². The maximum Gasteiger partial charge on any atom is 0.239 e. The molecule has 0 atom stereocenters. The molecule has 0 saturated heterocycles. The van der Waals surface area contributed by atoms with Crippen molar-refractivity contribution in [3.8, 4) is 11.8 Å². The minimum atomic E-state index is -0.127. The van der Waals surface area contributed by atoms with Gasteiger partial charge in [0.15, 0.2) is 0 Å². The molecule has 0 unspecified atom stereocenters. The normalized spacial score (nSPS) is 10.4. The minimum absolute atomic E-state index is 0.127. The summed E-state index contributed by atoms with van der Waals surface area (Å²) in [6.07, 6.45) is 2.94. The Kier molecular flexibility index (Phi) is 2.82. The predicted octanol–water partition coefficient (Wildman–Crippen LogP) is 0.803. The van der Waals surface area contributed by atoms with Gasteiger partial charge in [0.05, 0.1) is 30.4 Å². The highest BCUT2D eigenvalue weighted by molar-refractivity contribution is 5.20. The van der Waals surface area contributed by atoms with Gasteiger partial charge in [-0.25, -0.2) is 9.67 Å². The molecule has 0 aliphatic carbocycles. The first-order chi connectivity index (χ1) is 7.69. The summed E-state index contributed by atoms with van der Waals surface area (Å²) in [6.45, 7) is 1.76. The lowest BCUT2D eigenvalue weighted by atomic mass is 10.5. The molecule has 1 N–H and O–H groups in total. The molecule has 84 valence electrons. The van der Waals surface area contributed by atoms with Gasteiger partial charge in [0.25, 0.3) is 0 Å². The summed E-state index contributed by atoms with van der Waals surface area (Å²) >= 11 is 0. The number of aromatic nitrogens is 4. The Hall–Kier alpha value is -1.95. The Balaban J connectivity index is 2.17. The Labute approximate surface area is 92.5 Å². The van der Waals surface area contributed by atoms with Crippen LogP contribution in [0.4, 0.5) is 0 Å². The fourth-order valence-corrected chi connectivity index (χ4v) is 1.27. The van der Waals surface area contributed by atoms with Crippen LogP contribution in [0.3, 0.4) is 0 Å². The van der Waals surface area contributed by atoms with Crippen molar-refractivity contribution in [2.75, 3.05) is 0 Å². The number of hydrogen-bond donors (Lipinski definition) is 1. The molecule has 16 heavy (non-hydrogen) atoms. The van der Waals surface area contributed by atoms with E-state index in [9.17, 15) is 0 Å². The van der Waals surface area contributed by atoms with Gasteiger partial charge >= 0.3 is 0 Å². The van der Waals surface area contributed by atoms with Gasteiger partial charge in [-0.05, 0) is 6.92 Å². The molecule has 2 aromatic heterocycles. The molecule has 0 aliphatic heterocycles. The first kappa shape index (κ1) is 10.6. The highest BCUT2D eigenvalue weighted by Crippen LogP contribution is 2.18. The number of aliphatic hydroxyl groups excluding tert-OH is 1. The van der Waals surface area contributed by atoms with Gasteiger partial charge in [-0.15, -0.1) is 0 Å². The number of aryl methyl sites for hydroxylation is 2. The second-order valence-corrected chi connectivity index (χ2v) is 3.35. The molecule has 0 saturated carbocycles. The molecule has 6 nitrogen and oxygen atoms in total. The second-order valence-electron chi connectivity index (χ2n) is 3.35. The highest BCUT2D eigenvalue weighted by atomic mass is 16.5. The molecule has 2 aromatic rings. The zero-order valence-electron chi connectivity index (χ0n) is 9.08. The van der Waals surface area contributed by atoms with Crippen molar-refractivity contribution in [2.45, 2.75) is 13.5 Å². The maximum atomic E-state index is 8.81. The number of rotatable bonds is 3. The molecule has 0 bridgehead atoms. The van der Waals surface area contributed by atoms with Crippen LogP contribution in [-0.4, -0.2) is 24.9 Å². The zero-order valence-corrected chi connectivity index (χ0v) is 9.08. The quantitative estimate of drug-likeness (QED) is 0.828. The van der Waals surface area contributed by atoms with Crippen LogP contribution in [0.15, 0.2) is 18.5 Å². The van der Waals surface area contributed by atoms with E-state index >= 15 is 0 Å². The summed E-state index contributed by atoms with van der Waals surface area (Å²) in [7, 11) is 1.79. The molecule has 0 radical (unpaired) electrons. The van der Waals surface area contributed by atoms with Crippen LogP contribution >= 0.6 is 0 Å². The average molecular weight is 220 g/mol. The molecule has 0 spiro atoms. The topological polar surface area (TPSA) is 73.1 Å². The van der Waals surface area contributed by atoms with Crippen molar-refractivity contribution in [1.29, 1.82) is 0 Å². The van der Waals surface area contributed by atoms with E-state index in [1.807, 2.05) is 13.0 Å². The Bertz CT molecular complexity index is 478. The number of aliphatic hydroxyl groups is 1. The lowest BCUT2D eigenvalue weighted by Crippen LogP contribution is -1.98. The van der Waals surface area contributed by atoms with E-state index in [2.05, 4.69) is 15.1 Å². The Morgan fingerprint density at radius 3 is 2.69 bits per heavy atom. The highest BCUT2D eigenvalue weighted by Gasteiger charge is 2.05. The standard InChI is InChI=1S/C10H12N4O2/c1-7-3-10(14(2)13-7)16-9-5-11-8(6-15)4-12-9/h3-5,15H,6H2,1-2H3. The van der Waals surface area contributed by atoms with Crippen LogP contribution in [0.25, 0.3) is 0 Å². The molecule has 0 aliphatic rings. The van der Waals surface area contributed by atoms with E-state index in [4.69, 9.17) is 9.84 Å². The Morgan fingerprint density at radius 2 is 2.19 bits per heavy atom. The van der Waals surface area contributed by atoms with Crippen LogP contribution in [-0.2, 0) is 13.7 Å². The third kappa shape index (κ3) is 2.17. The van der Waals surface area contributed by atoms with Gasteiger partial charge in [-0.2, -0.15) is 5.10 Å². The van der Waals surface area contributed by atoms with Gasteiger partial charge < -0.3 is 9.84 Å². The Morgan fingerprint density at radius 1 is 1.38 bits per heavy atom. The predicted molar refractivity (Wildman–Crippen MR) is 56.0 cm³/mol. The molecule has 0 amide bonds. The van der Waals surface area contributed by atoms with Crippen molar-refractivity contribution in [3.63, 3.8) is 0 Å². The molecule has 2 heterocycles. The van der Waals surface area contributed by atoms with Gasteiger partial charge in [0.2, 0.25) is 11.8 Å². The number of hydrogen-bond acceptors (Lipinski definition) is 5. The largest absolute Gasteiger partial charge is 0.419 e. The number of nitrogens with zero attached hydrogens (tertiary/aromatic N) is 4. The molecule has 2 rings (SSSR count). The van der Waals surface area contributed by atoms with Crippen LogP contribution < -0.4 is 4.74 Å². The minimum Gasteiger partial charge on any atom is -0.419 e. The van der Waals surface area contributed by atoms with Crippen LogP contribution in [0, 0.1) is 6.92 Å². The van der Waals surface area contributed by atoms with Crippen molar-refractivity contribution in [1.82, 2.24) is 19.7 Å². The third-order valence-corrected chi connectivity index (χ3v) is 2.01. The van der Waals surface area contributed by atoms with Crippen LogP contribution in [0.2, 0.25) is 0 Å². The van der Waals surface area contributed by atoms with Gasteiger partial charge in [0.1, 0.15) is 0 Å². The van der Waals surface area contributed by atoms with E-state index in [-0.39, 0.29) is 6.61 Å². The summed E-state index contributed by atoms with van der Waals surface area (Å²) < 4.78 is 7.10. The molecule has 0 fully saturated rings. The van der Waals surface area contributed by atoms with E-state index < -0.39 is 0 Å². The second kappa shape index (κ2) is 4.28. The molecular weight excluding hydrogens is 208 g/mol. The fourth-order valence-electron chi connectivity index (χ4n) is 1.27. The fraction of sp³-hybridized carbons (Fsp3) is 0.300. The lowest BCUT2D eigenvalue weighted by molar-refractivity contribution is 0.275. The van der Waals surface area contributed by atoms with E-state index in [1.165, 1.54) is 12.4 Å². The van der Waals surface area contributed by atoms with Crippen molar-refractivity contribution < 1.29 is 9.84 Å². The van der Waals surface area contributed by atoms with E-state index in [0.29, 0.717) is 17.5 Å². The lowest BCUT2D eigenvalue weighted by Gasteiger charge is -2.03. The molecular formula is C10H12N4O2. The van der Waals surface area contributed by atoms with Gasteiger partial charge in [-0.1, -0.05) is 0 Å². The number of ether oxygens (including phenoxy) is 1. The summed E-state index contributed by atoms with van der Waals surface area (Å²) in [6, 6.07) is 1.81. The summed E-state index contributed by atoms with van der Waals surface area (Å²) in [5, 5.41) is 13.0. The first-order valence-corrected chi connectivity index (χ1v) is 4.79. The van der Waals surface area contributed by atoms with Crippen molar-refractivity contribution in [3.05, 3.63) is 29.8 Å². The van der Waals surface area contributed by atoms with Gasteiger partial charge in [0, 0.05) is 13.1 Å². The summed E-state index contributed by atoms with van der Waals surface area (Å²) in [5.41, 5.74) is 1.38. The molecule has 0 aromatic carbocycles. The van der Waals surface area contributed by atoms with Crippen LogP contribution in [0.5, 0.6) is 11.8 Å². The third-order valence-electron chi connectivity index (χ3n) is 2.01. The average Bonchev–Trinajstić information content (AvgIpc) is 2.59. The summed E-state index contributed by atoms with van der Waals surface area (Å²) in [5.74, 6) is 0.976. The van der Waals surface area contributed by atoms with Crippen molar-refractivity contribution >= 4 is 0 Å². The van der Waals surface area contributed by atoms with Crippen molar-refractivity contribution in [2.24, 2.45) is 7.05 Å². The molecule has 6 heteroatoms. The van der Waals surface area contributed by atoms with E-state index in [0.717, 1.165) is 5.69 Å². The SMILES string of the molecule is Cc1cc(Oc2cnc(CO)cn2)n(C)n1. The smallest absolute Gasteiger partial charge is 0.239 e.